The standard InChI is InChI=1S/C12H20N4O3/c1-3-10-11(16(18)19)12(14(2)13-10)15-7-5-4-6-9(15)8-17/h9,17H,3-8H2,1-2H3. The zero-order chi connectivity index (χ0) is 14.0. The summed E-state index contributed by atoms with van der Waals surface area (Å²) in [5, 5.41) is 25.0. The van der Waals surface area contributed by atoms with Crippen LogP contribution in [-0.2, 0) is 13.5 Å². The molecule has 19 heavy (non-hydrogen) atoms. The van der Waals surface area contributed by atoms with Crippen molar-refractivity contribution in [3.63, 3.8) is 0 Å². The van der Waals surface area contributed by atoms with E-state index in [9.17, 15) is 15.2 Å². The highest BCUT2D eigenvalue weighted by Gasteiger charge is 2.33. The van der Waals surface area contributed by atoms with Gasteiger partial charge in [0.15, 0.2) is 0 Å². The van der Waals surface area contributed by atoms with Gasteiger partial charge in [0.25, 0.3) is 0 Å². The second-order valence-corrected chi connectivity index (χ2v) is 4.88. The lowest BCUT2D eigenvalue weighted by Crippen LogP contribution is -2.43. The molecule has 1 atom stereocenters. The maximum Gasteiger partial charge on any atom is 0.334 e. The van der Waals surface area contributed by atoms with Gasteiger partial charge in [-0.1, -0.05) is 6.92 Å². The number of aromatic nitrogens is 2. The molecule has 1 fully saturated rings. The van der Waals surface area contributed by atoms with Gasteiger partial charge in [0, 0.05) is 13.6 Å². The predicted molar refractivity (Wildman–Crippen MR) is 71.3 cm³/mol. The van der Waals surface area contributed by atoms with E-state index in [0.29, 0.717) is 17.9 Å². The summed E-state index contributed by atoms with van der Waals surface area (Å²) in [5.41, 5.74) is 0.593. The molecule has 0 amide bonds. The molecule has 0 saturated carbocycles. The number of aryl methyl sites for hydroxylation is 2. The first-order chi connectivity index (χ1) is 9.10. The van der Waals surface area contributed by atoms with Crippen molar-refractivity contribution in [1.29, 1.82) is 0 Å². The summed E-state index contributed by atoms with van der Waals surface area (Å²) in [6.07, 6.45) is 3.43. The summed E-state index contributed by atoms with van der Waals surface area (Å²) >= 11 is 0. The molecule has 0 radical (unpaired) electrons. The number of aliphatic hydroxyl groups excluding tert-OH is 1. The van der Waals surface area contributed by atoms with Crippen molar-refractivity contribution < 1.29 is 10.0 Å². The van der Waals surface area contributed by atoms with E-state index >= 15 is 0 Å². The summed E-state index contributed by atoms with van der Waals surface area (Å²) in [6.45, 7) is 2.61. The first-order valence-corrected chi connectivity index (χ1v) is 6.67. The number of rotatable bonds is 4. The number of piperidine rings is 1. The van der Waals surface area contributed by atoms with Gasteiger partial charge in [-0.15, -0.1) is 0 Å². The Kier molecular flexibility index (Phi) is 4.04. The molecule has 7 heteroatoms. The van der Waals surface area contributed by atoms with Crippen LogP contribution >= 0.6 is 0 Å². The van der Waals surface area contributed by atoms with Crippen LogP contribution in [0.2, 0.25) is 0 Å². The van der Waals surface area contributed by atoms with Crippen LogP contribution in [0.4, 0.5) is 11.5 Å². The molecule has 1 aromatic heterocycles. The molecule has 1 aliphatic heterocycles. The smallest absolute Gasteiger partial charge is 0.334 e. The Morgan fingerprint density at radius 3 is 2.84 bits per heavy atom. The summed E-state index contributed by atoms with van der Waals surface area (Å²) < 4.78 is 1.57. The quantitative estimate of drug-likeness (QED) is 0.656. The lowest BCUT2D eigenvalue weighted by Gasteiger charge is -2.35. The lowest BCUT2D eigenvalue weighted by molar-refractivity contribution is -0.384. The molecular weight excluding hydrogens is 248 g/mol. The first kappa shape index (κ1) is 13.8. The number of nitrogens with zero attached hydrogens (tertiary/aromatic N) is 4. The number of nitro groups is 1. The molecule has 0 spiro atoms. The summed E-state index contributed by atoms with van der Waals surface area (Å²) in [6, 6.07) is -0.0486. The molecule has 0 aromatic carbocycles. The van der Waals surface area contributed by atoms with Crippen molar-refractivity contribution in [3.8, 4) is 0 Å². The first-order valence-electron chi connectivity index (χ1n) is 6.67. The zero-order valence-electron chi connectivity index (χ0n) is 11.4. The SMILES string of the molecule is CCc1nn(C)c(N2CCCCC2CO)c1[N+](=O)[O-]. The van der Waals surface area contributed by atoms with E-state index in [1.54, 1.807) is 11.7 Å². The molecule has 1 aromatic rings. The second-order valence-electron chi connectivity index (χ2n) is 4.88. The monoisotopic (exact) mass is 268 g/mol. The highest BCUT2D eigenvalue weighted by atomic mass is 16.6. The Balaban J connectivity index is 2.47. The van der Waals surface area contributed by atoms with E-state index in [2.05, 4.69) is 5.10 Å². The highest BCUT2D eigenvalue weighted by molar-refractivity contribution is 5.62. The summed E-state index contributed by atoms with van der Waals surface area (Å²) in [5.74, 6) is 0.528. The predicted octanol–water partition coefficient (Wildman–Crippen LogP) is 1.24. The Labute approximate surface area is 112 Å². The number of anilines is 1. The van der Waals surface area contributed by atoms with Crippen LogP contribution in [0.25, 0.3) is 0 Å². The second kappa shape index (κ2) is 5.56. The fourth-order valence-corrected chi connectivity index (χ4v) is 2.77. The highest BCUT2D eigenvalue weighted by Crippen LogP contribution is 2.35. The molecular formula is C12H20N4O3. The number of aliphatic hydroxyl groups is 1. The van der Waals surface area contributed by atoms with E-state index in [0.717, 1.165) is 25.8 Å². The van der Waals surface area contributed by atoms with Crippen molar-refractivity contribution in [2.24, 2.45) is 7.05 Å². The third-order valence-electron chi connectivity index (χ3n) is 3.69. The molecule has 1 aliphatic rings. The van der Waals surface area contributed by atoms with E-state index in [4.69, 9.17) is 0 Å². The lowest BCUT2D eigenvalue weighted by atomic mass is 10.0. The van der Waals surface area contributed by atoms with Crippen molar-refractivity contribution in [3.05, 3.63) is 15.8 Å². The van der Waals surface area contributed by atoms with Gasteiger partial charge >= 0.3 is 5.69 Å². The van der Waals surface area contributed by atoms with Gasteiger partial charge < -0.3 is 10.0 Å². The normalized spacial score (nSPS) is 19.7. The van der Waals surface area contributed by atoms with Crippen LogP contribution in [0.15, 0.2) is 0 Å². The average molecular weight is 268 g/mol. The van der Waals surface area contributed by atoms with Crippen LogP contribution < -0.4 is 4.90 Å². The van der Waals surface area contributed by atoms with E-state index < -0.39 is 0 Å². The van der Waals surface area contributed by atoms with E-state index in [1.807, 2.05) is 11.8 Å². The van der Waals surface area contributed by atoms with Crippen molar-refractivity contribution in [1.82, 2.24) is 9.78 Å². The van der Waals surface area contributed by atoms with Gasteiger partial charge in [0.1, 0.15) is 5.69 Å². The molecule has 1 saturated heterocycles. The van der Waals surface area contributed by atoms with Gasteiger partial charge in [0.05, 0.1) is 17.6 Å². The molecule has 2 rings (SSSR count). The van der Waals surface area contributed by atoms with Gasteiger partial charge in [-0.05, 0) is 25.7 Å². The molecule has 7 nitrogen and oxygen atoms in total. The van der Waals surface area contributed by atoms with Gasteiger partial charge in [-0.2, -0.15) is 5.10 Å². The zero-order valence-corrected chi connectivity index (χ0v) is 11.4. The Hall–Kier alpha value is -1.63. The van der Waals surface area contributed by atoms with Crippen molar-refractivity contribution >= 4 is 11.5 Å². The maximum absolute atomic E-state index is 11.3. The Morgan fingerprint density at radius 1 is 1.53 bits per heavy atom. The minimum Gasteiger partial charge on any atom is -0.394 e. The van der Waals surface area contributed by atoms with Crippen LogP contribution in [0.5, 0.6) is 0 Å². The van der Waals surface area contributed by atoms with Crippen LogP contribution in [0, 0.1) is 10.1 Å². The molecule has 1 N–H and O–H groups in total. The van der Waals surface area contributed by atoms with Gasteiger partial charge in [-0.3, -0.25) is 10.1 Å². The molecule has 0 bridgehead atoms. The Morgan fingerprint density at radius 2 is 2.26 bits per heavy atom. The number of hydrogen-bond acceptors (Lipinski definition) is 5. The summed E-state index contributed by atoms with van der Waals surface area (Å²) in [7, 11) is 1.73. The van der Waals surface area contributed by atoms with Gasteiger partial charge in [-0.25, -0.2) is 4.68 Å². The van der Waals surface area contributed by atoms with Crippen LogP contribution in [0.3, 0.4) is 0 Å². The fraction of sp³-hybridized carbons (Fsp3) is 0.750. The summed E-state index contributed by atoms with van der Waals surface area (Å²) in [4.78, 5) is 12.9. The molecule has 1 unspecified atom stereocenters. The van der Waals surface area contributed by atoms with Crippen LogP contribution in [0.1, 0.15) is 31.9 Å². The van der Waals surface area contributed by atoms with Gasteiger partial charge in [0.2, 0.25) is 5.82 Å². The minimum absolute atomic E-state index is 0.0177. The topological polar surface area (TPSA) is 84.4 Å². The average Bonchev–Trinajstić information content (AvgIpc) is 2.75. The Bertz CT molecular complexity index is 472. The third-order valence-corrected chi connectivity index (χ3v) is 3.69. The molecule has 106 valence electrons. The van der Waals surface area contributed by atoms with E-state index in [1.165, 1.54) is 0 Å². The maximum atomic E-state index is 11.3. The van der Waals surface area contributed by atoms with Crippen molar-refractivity contribution in [2.75, 3.05) is 18.1 Å². The fourth-order valence-electron chi connectivity index (χ4n) is 2.77. The minimum atomic E-state index is -0.357. The largest absolute Gasteiger partial charge is 0.394 e. The van der Waals surface area contributed by atoms with E-state index in [-0.39, 0.29) is 23.3 Å². The third kappa shape index (κ3) is 2.42. The molecule has 0 aliphatic carbocycles. The number of hydrogen-bond donors (Lipinski definition) is 1. The van der Waals surface area contributed by atoms with Crippen LogP contribution in [-0.4, -0.2) is 39.0 Å². The molecule has 2 heterocycles. The van der Waals surface area contributed by atoms with Crippen molar-refractivity contribution in [2.45, 2.75) is 38.6 Å².